The monoisotopic (exact) mass is 356 g/mol. The van der Waals surface area contributed by atoms with E-state index in [4.69, 9.17) is 4.74 Å². The Balaban J connectivity index is 1.71. The van der Waals surface area contributed by atoms with E-state index in [0.29, 0.717) is 5.75 Å². The summed E-state index contributed by atoms with van der Waals surface area (Å²) in [7, 11) is 1.66. The fourth-order valence-electron chi connectivity index (χ4n) is 3.31. The number of rotatable bonds is 4. The lowest BCUT2D eigenvalue weighted by atomic mass is 10.1. The number of amides is 1. The molecule has 1 aromatic carbocycles. The highest BCUT2D eigenvalue weighted by molar-refractivity contribution is 7.99. The van der Waals surface area contributed by atoms with E-state index in [-0.39, 0.29) is 5.91 Å². The van der Waals surface area contributed by atoms with Gasteiger partial charge < -0.3 is 9.64 Å². The van der Waals surface area contributed by atoms with E-state index in [1.54, 1.807) is 7.11 Å². The predicted molar refractivity (Wildman–Crippen MR) is 98.3 cm³/mol. The number of pyridine rings is 1. The van der Waals surface area contributed by atoms with Crippen LogP contribution in [0.1, 0.15) is 18.4 Å². The molecule has 3 heterocycles. The zero-order chi connectivity index (χ0) is 17.4. The second kappa shape index (κ2) is 6.55. The molecule has 0 atom stereocenters. The van der Waals surface area contributed by atoms with Crippen LogP contribution >= 0.6 is 11.8 Å². The summed E-state index contributed by atoms with van der Waals surface area (Å²) in [5.74, 6) is 1.35. The number of methoxy groups -OCH3 is 1. The van der Waals surface area contributed by atoms with Crippen molar-refractivity contribution in [1.82, 2.24) is 19.5 Å². The summed E-state index contributed by atoms with van der Waals surface area (Å²) < 4.78 is 7.38. The molecule has 25 heavy (non-hydrogen) atoms. The summed E-state index contributed by atoms with van der Waals surface area (Å²) >= 11 is 1.44. The molecule has 3 aromatic rings. The average molecular weight is 356 g/mol. The third kappa shape index (κ3) is 2.93. The lowest BCUT2D eigenvalue weighted by molar-refractivity contribution is -0.127. The Kier molecular flexibility index (Phi) is 4.25. The van der Waals surface area contributed by atoms with E-state index in [1.807, 2.05) is 33.6 Å². The molecule has 6 nitrogen and oxygen atoms in total. The number of ether oxygens (including phenoxy) is 1. The maximum absolute atomic E-state index is 12.3. The molecular formula is C18H20N4O2S. The van der Waals surface area contributed by atoms with Crippen molar-refractivity contribution in [3.8, 4) is 5.75 Å². The van der Waals surface area contributed by atoms with E-state index in [1.165, 1.54) is 11.8 Å². The second-order valence-electron chi connectivity index (χ2n) is 6.26. The van der Waals surface area contributed by atoms with Crippen LogP contribution in [0.4, 0.5) is 0 Å². The number of aromatic nitrogens is 3. The van der Waals surface area contributed by atoms with E-state index < -0.39 is 0 Å². The van der Waals surface area contributed by atoms with Crippen LogP contribution in [0.15, 0.2) is 29.4 Å². The molecule has 0 spiro atoms. The lowest BCUT2D eigenvalue weighted by Gasteiger charge is -2.14. The van der Waals surface area contributed by atoms with Gasteiger partial charge in [0, 0.05) is 24.5 Å². The Bertz CT molecular complexity index is 947. The highest BCUT2D eigenvalue weighted by Crippen LogP contribution is 2.28. The lowest BCUT2D eigenvalue weighted by Crippen LogP contribution is -2.29. The first-order valence-corrected chi connectivity index (χ1v) is 9.39. The van der Waals surface area contributed by atoms with Gasteiger partial charge in [-0.3, -0.25) is 9.20 Å². The third-order valence-electron chi connectivity index (χ3n) is 4.66. The Labute approximate surface area is 150 Å². The van der Waals surface area contributed by atoms with Gasteiger partial charge in [-0.05, 0) is 43.5 Å². The number of carbonyl (C=O) groups excluding carboxylic acids is 1. The predicted octanol–water partition coefficient (Wildman–Crippen LogP) is 2.91. The summed E-state index contributed by atoms with van der Waals surface area (Å²) in [5.41, 5.74) is 2.92. The maximum Gasteiger partial charge on any atom is 0.233 e. The topological polar surface area (TPSA) is 59.7 Å². The number of thioether (sulfide) groups is 1. The number of nitrogens with zero attached hydrogens (tertiary/aromatic N) is 4. The van der Waals surface area contributed by atoms with Crippen molar-refractivity contribution in [2.45, 2.75) is 24.9 Å². The first kappa shape index (κ1) is 16.2. The summed E-state index contributed by atoms with van der Waals surface area (Å²) in [4.78, 5) is 14.3. The molecule has 0 saturated carbocycles. The third-order valence-corrected chi connectivity index (χ3v) is 5.57. The minimum atomic E-state index is 0.174. The number of likely N-dealkylation sites (tertiary alicyclic amines) is 1. The number of hydrogen-bond donors (Lipinski definition) is 0. The first-order chi connectivity index (χ1) is 12.2. The largest absolute Gasteiger partial charge is 0.497 e. The van der Waals surface area contributed by atoms with Crippen LogP contribution < -0.4 is 4.74 Å². The summed E-state index contributed by atoms with van der Waals surface area (Å²) in [5, 5.41) is 10.5. The van der Waals surface area contributed by atoms with Gasteiger partial charge in [0.2, 0.25) is 5.91 Å². The summed E-state index contributed by atoms with van der Waals surface area (Å²) in [6, 6.07) is 8.02. The van der Waals surface area contributed by atoms with Gasteiger partial charge in [0.05, 0.1) is 18.4 Å². The van der Waals surface area contributed by atoms with Gasteiger partial charge in [-0.15, -0.1) is 10.2 Å². The van der Waals surface area contributed by atoms with Crippen LogP contribution in [0.5, 0.6) is 5.75 Å². The first-order valence-electron chi connectivity index (χ1n) is 8.40. The molecule has 0 unspecified atom stereocenters. The van der Waals surface area contributed by atoms with E-state index in [2.05, 4.69) is 17.1 Å². The van der Waals surface area contributed by atoms with Gasteiger partial charge in [0.1, 0.15) is 5.75 Å². The maximum atomic E-state index is 12.3. The van der Waals surface area contributed by atoms with E-state index in [9.17, 15) is 4.79 Å². The van der Waals surface area contributed by atoms with E-state index >= 15 is 0 Å². The molecule has 130 valence electrons. The van der Waals surface area contributed by atoms with Crippen LogP contribution in [0.25, 0.3) is 16.6 Å². The number of hydrogen-bond acceptors (Lipinski definition) is 5. The zero-order valence-corrected chi connectivity index (χ0v) is 15.2. The number of aryl methyl sites for hydroxylation is 1. The molecule has 7 heteroatoms. The summed E-state index contributed by atoms with van der Waals surface area (Å²) in [6.07, 6.45) is 2.21. The fourth-order valence-corrected chi connectivity index (χ4v) is 4.16. The van der Waals surface area contributed by atoms with Crippen molar-refractivity contribution in [2.75, 3.05) is 26.0 Å². The van der Waals surface area contributed by atoms with Crippen LogP contribution in [-0.2, 0) is 4.79 Å². The molecule has 1 fully saturated rings. The molecule has 1 saturated heterocycles. The Morgan fingerprint density at radius 2 is 2.04 bits per heavy atom. The number of fused-ring (bicyclic) bond motifs is 3. The van der Waals surface area contributed by atoms with Gasteiger partial charge >= 0.3 is 0 Å². The molecule has 4 rings (SSSR count). The van der Waals surface area contributed by atoms with Crippen LogP contribution in [0, 0.1) is 6.92 Å². The SMILES string of the molecule is COc1ccc2c(C)cc3nnc(SCC(=O)N4CCCC4)n3c2c1. The van der Waals surface area contributed by atoms with Crippen LogP contribution in [0.2, 0.25) is 0 Å². The number of carbonyl (C=O) groups is 1. The normalized spacial score (nSPS) is 14.6. The quantitative estimate of drug-likeness (QED) is 0.673. The fraction of sp³-hybridized carbons (Fsp3) is 0.389. The zero-order valence-electron chi connectivity index (χ0n) is 14.4. The molecule has 0 aliphatic carbocycles. The van der Waals surface area contributed by atoms with E-state index in [0.717, 1.165) is 59.0 Å². The van der Waals surface area contributed by atoms with Crippen molar-refractivity contribution >= 4 is 34.2 Å². The van der Waals surface area contributed by atoms with Gasteiger partial charge in [-0.1, -0.05) is 11.8 Å². The van der Waals surface area contributed by atoms with Crippen molar-refractivity contribution in [3.63, 3.8) is 0 Å². The van der Waals surface area contributed by atoms with Crippen molar-refractivity contribution < 1.29 is 9.53 Å². The molecule has 2 aromatic heterocycles. The molecule has 0 bridgehead atoms. The molecular weight excluding hydrogens is 336 g/mol. The molecule has 1 aliphatic rings. The van der Waals surface area contributed by atoms with Gasteiger partial charge in [0.25, 0.3) is 0 Å². The Morgan fingerprint density at radius 3 is 2.80 bits per heavy atom. The van der Waals surface area contributed by atoms with Gasteiger partial charge in [-0.25, -0.2) is 0 Å². The van der Waals surface area contributed by atoms with Crippen molar-refractivity contribution in [3.05, 3.63) is 29.8 Å². The molecule has 0 radical (unpaired) electrons. The highest BCUT2D eigenvalue weighted by atomic mass is 32.2. The highest BCUT2D eigenvalue weighted by Gasteiger charge is 2.19. The number of benzene rings is 1. The van der Waals surface area contributed by atoms with Gasteiger partial charge in [0.15, 0.2) is 10.8 Å². The smallest absolute Gasteiger partial charge is 0.233 e. The summed E-state index contributed by atoms with van der Waals surface area (Å²) in [6.45, 7) is 3.81. The molecule has 1 amide bonds. The Hall–Kier alpha value is -2.28. The minimum Gasteiger partial charge on any atom is -0.497 e. The second-order valence-corrected chi connectivity index (χ2v) is 7.21. The molecule has 1 aliphatic heterocycles. The van der Waals surface area contributed by atoms with Crippen molar-refractivity contribution in [2.24, 2.45) is 0 Å². The van der Waals surface area contributed by atoms with Crippen LogP contribution in [0.3, 0.4) is 0 Å². The van der Waals surface area contributed by atoms with Crippen molar-refractivity contribution in [1.29, 1.82) is 0 Å². The minimum absolute atomic E-state index is 0.174. The molecule has 0 N–H and O–H groups in total. The Morgan fingerprint density at radius 1 is 1.24 bits per heavy atom. The standard InChI is InChI=1S/C18H20N4O2S/c1-12-9-16-19-20-18(25-11-17(23)21-7-3-4-8-21)22(16)15-10-13(24-2)5-6-14(12)15/h5-6,9-10H,3-4,7-8,11H2,1-2H3. The average Bonchev–Trinajstić information content (AvgIpc) is 3.29. The van der Waals surface area contributed by atoms with Crippen LogP contribution in [-0.4, -0.2) is 51.4 Å². The van der Waals surface area contributed by atoms with Gasteiger partial charge in [-0.2, -0.15) is 0 Å².